The molecule has 3 rings (SSSR count). The molecule has 0 fully saturated rings. The second kappa shape index (κ2) is 6.74. The monoisotopic (exact) mass is 364 g/mol. The molecule has 0 spiro atoms. The van der Waals surface area contributed by atoms with Crippen LogP contribution < -0.4 is 14.8 Å². The molecular formula is C16H16N2O4S2. The number of amides is 1. The molecule has 8 heteroatoms. The number of hydrogen-bond acceptors (Lipinski definition) is 5. The number of fused-ring (bicyclic) bond motifs is 1. The van der Waals surface area contributed by atoms with E-state index in [4.69, 9.17) is 4.74 Å². The zero-order valence-corrected chi connectivity index (χ0v) is 14.5. The molecule has 2 aromatic rings. The van der Waals surface area contributed by atoms with Crippen LogP contribution in [0.4, 0.5) is 11.4 Å². The number of rotatable bonds is 5. The Morgan fingerprint density at radius 2 is 2.04 bits per heavy atom. The normalized spacial score (nSPS) is 13.8. The minimum atomic E-state index is -3.80. The molecule has 0 aromatic heterocycles. The molecule has 1 heterocycles. The molecule has 0 saturated carbocycles. The molecule has 0 unspecified atom stereocenters. The molecule has 0 radical (unpaired) electrons. The van der Waals surface area contributed by atoms with E-state index in [1.165, 1.54) is 23.9 Å². The van der Waals surface area contributed by atoms with E-state index in [9.17, 15) is 13.2 Å². The van der Waals surface area contributed by atoms with Gasteiger partial charge in [0.2, 0.25) is 5.91 Å². The first-order chi connectivity index (χ1) is 11.5. The molecule has 6 nitrogen and oxygen atoms in total. The summed E-state index contributed by atoms with van der Waals surface area (Å²) in [6.07, 6.45) is 0. The van der Waals surface area contributed by atoms with Gasteiger partial charge in [-0.3, -0.25) is 9.52 Å². The molecule has 0 aliphatic carbocycles. The molecule has 2 N–H and O–H groups in total. The number of thioether (sulfide) groups is 1. The maximum Gasteiger partial charge on any atom is 0.262 e. The van der Waals surface area contributed by atoms with E-state index in [1.54, 1.807) is 30.3 Å². The number of benzene rings is 2. The minimum Gasteiger partial charge on any atom is -0.492 e. The van der Waals surface area contributed by atoms with Crippen LogP contribution in [0.3, 0.4) is 0 Å². The summed E-state index contributed by atoms with van der Waals surface area (Å²) in [7, 11) is -3.80. The molecule has 126 valence electrons. The predicted molar refractivity (Wildman–Crippen MR) is 94.2 cm³/mol. The van der Waals surface area contributed by atoms with Crippen LogP contribution in [-0.4, -0.2) is 26.7 Å². The van der Waals surface area contributed by atoms with Gasteiger partial charge in [0.15, 0.2) is 0 Å². The lowest BCUT2D eigenvalue weighted by Crippen LogP contribution is -2.20. The first kappa shape index (κ1) is 16.7. The Hall–Kier alpha value is -2.19. The van der Waals surface area contributed by atoms with Crippen LogP contribution in [0.2, 0.25) is 0 Å². The summed E-state index contributed by atoms with van der Waals surface area (Å²) in [4.78, 5) is 12.4. The van der Waals surface area contributed by atoms with Gasteiger partial charge in [-0.1, -0.05) is 12.1 Å². The maximum atomic E-state index is 12.6. The topological polar surface area (TPSA) is 84.5 Å². The molecule has 0 atom stereocenters. The van der Waals surface area contributed by atoms with Gasteiger partial charge in [-0.25, -0.2) is 8.42 Å². The van der Waals surface area contributed by atoms with Gasteiger partial charge in [0.1, 0.15) is 5.75 Å². The van der Waals surface area contributed by atoms with Crippen molar-refractivity contribution in [3.8, 4) is 5.75 Å². The zero-order valence-electron chi connectivity index (χ0n) is 12.9. The van der Waals surface area contributed by atoms with Crippen molar-refractivity contribution in [3.63, 3.8) is 0 Å². The summed E-state index contributed by atoms with van der Waals surface area (Å²) in [5.74, 6) is 0.654. The van der Waals surface area contributed by atoms with Crippen molar-refractivity contribution in [2.75, 3.05) is 22.4 Å². The van der Waals surface area contributed by atoms with Crippen LogP contribution in [-0.2, 0) is 14.8 Å². The number of carbonyl (C=O) groups excluding carboxylic acids is 1. The highest BCUT2D eigenvalue weighted by Gasteiger charge is 2.21. The van der Waals surface area contributed by atoms with Crippen molar-refractivity contribution in [2.45, 2.75) is 16.7 Å². The Morgan fingerprint density at radius 3 is 2.83 bits per heavy atom. The van der Waals surface area contributed by atoms with Gasteiger partial charge in [0, 0.05) is 4.90 Å². The molecule has 1 aliphatic rings. The van der Waals surface area contributed by atoms with Gasteiger partial charge in [-0.05, 0) is 37.3 Å². The molecular weight excluding hydrogens is 348 g/mol. The van der Waals surface area contributed by atoms with Crippen LogP contribution in [0, 0.1) is 0 Å². The van der Waals surface area contributed by atoms with Crippen molar-refractivity contribution >= 4 is 39.1 Å². The SMILES string of the molecule is CCOc1ccccc1NS(=O)(=O)c1ccc2c(c1)NC(=O)CS2. The van der Waals surface area contributed by atoms with Crippen LogP contribution in [0.5, 0.6) is 5.75 Å². The molecule has 24 heavy (non-hydrogen) atoms. The van der Waals surface area contributed by atoms with Crippen molar-refractivity contribution in [3.05, 3.63) is 42.5 Å². The third-order valence-electron chi connectivity index (χ3n) is 3.33. The van der Waals surface area contributed by atoms with E-state index in [0.717, 1.165) is 4.90 Å². The first-order valence-corrected chi connectivity index (χ1v) is 9.78. The summed E-state index contributed by atoms with van der Waals surface area (Å²) in [5, 5.41) is 2.69. The summed E-state index contributed by atoms with van der Waals surface area (Å²) < 4.78 is 33.2. The van der Waals surface area contributed by atoms with Crippen molar-refractivity contribution < 1.29 is 17.9 Å². The number of para-hydroxylation sites is 2. The van der Waals surface area contributed by atoms with Crippen LogP contribution in [0.1, 0.15) is 6.92 Å². The largest absolute Gasteiger partial charge is 0.492 e. The number of ether oxygens (including phenoxy) is 1. The first-order valence-electron chi connectivity index (χ1n) is 7.31. The van der Waals surface area contributed by atoms with Crippen LogP contribution >= 0.6 is 11.8 Å². The predicted octanol–water partition coefficient (Wildman–Crippen LogP) is 2.93. The molecule has 0 saturated heterocycles. The Morgan fingerprint density at radius 1 is 1.25 bits per heavy atom. The van der Waals surface area contributed by atoms with Crippen molar-refractivity contribution in [1.82, 2.24) is 0 Å². The zero-order chi connectivity index (χ0) is 17.2. The highest BCUT2D eigenvalue weighted by atomic mass is 32.2. The van der Waals surface area contributed by atoms with Crippen molar-refractivity contribution in [1.29, 1.82) is 0 Å². The smallest absolute Gasteiger partial charge is 0.262 e. The van der Waals surface area contributed by atoms with Gasteiger partial charge in [0.25, 0.3) is 10.0 Å². The third-order valence-corrected chi connectivity index (χ3v) is 5.76. The van der Waals surface area contributed by atoms with E-state index in [0.29, 0.717) is 29.5 Å². The average molecular weight is 364 g/mol. The minimum absolute atomic E-state index is 0.0790. The Balaban J connectivity index is 1.91. The number of anilines is 2. The summed E-state index contributed by atoms with van der Waals surface area (Å²) in [6.45, 7) is 2.26. The van der Waals surface area contributed by atoms with Gasteiger partial charge < -0.3 is 10.1 Å². The fraction of sp³-hybridized carbons (Fsp3) is 0.188. The average Bonchev–Trinajstić information content (AvgIpc) is 2.56. The lowest BCUT2D eigenvalue weighted by atomic mass is 10.3. The van der Waals surface area contributed by atoms with Gasteiger partial charge in [-0.15, -0.1) is 11.8 Å². The number of nitrogens with one attached hydrogen (secondary N) is 2. The fourth-order valence-electron chi connectivity index (χ4n) is 2.27. The quantitative estimate of drug-likeness (QED) is 0.852. The summed E-state index contributed by atoms with van der Waals surface area (Å²) in [5.41, 5.74) is 0.882. The molecule has 1 amide bonds. The van der Waals surface area contributed by atoms with E-state index >= 15 is 0 Å². The van der Waals surface area contributed by atoms with E-state index < -0.39 is 10.0 Å². The van der Waals surface area contributed by atoms with Crippen LogP contribution in [0.25, 0.3) is 0 Å². The van der Waals surface area contributed by atoms with Gasteiger partial charge in [-0.2, -0.15) is 0 Å². The highest BCUT2D eigenvalue weighted by molar-refractivity contribution is 8.00. The lowest BCUT2D eigenvalue weighted by molar-refractivity contribution is -0.113. The Kier molecular flexibility index (Phi) is 4.68. The summed E-state index contributed by atoms with van der Waals surface area (Å²) in [6, 6.07) is 11.5. The second-order valence-corrected chi connectivity index (χ2v) is 7.73. The lowest BCUT2D eigenvalue weighted by Gasteiger charge is -2.18. The molecule has 2 aromatic carbocycles. The molecule has 0 bridgehead atoms. The Labute approximate surface area is 144 Å². The fourth-order valence-corrected chi connectivity index (χ4v) is 4.15. The van der Waals surface area contributed by atoms with Gasteiger partial charge >= 0.3 is 0 Å². The van der Waals surface area contributed by atoms with Crippen LogP contribution in [0.15, 0.2) is 52.3 Å². The van der Waals surface area contributed by atoms with E-state index in [1.807, 2.05) is 6.92 Å². The van der Waals surface area contributed by atoms with Gasteiger partial charge in [0.05, 0.1) is 28.6 Å². The Bertz CT molecular complexity index is 881. The highest BCUT2D eigenvalue weighted by Crippen LogP contribution is 2.34. The van der Waals surface area contributed by atoms with E-state index in [-0.39, 0.29) is 10.8 Å². The standard InChI is InChI=1S/C16H16N2O4S2/c1-2-22-14-6-4-3-5-12(14)18-24(20,21)11-7-8-15-13(9-11)17-16(19)10-23-15/h3-9,18H,2,10H2,1H3,(H,17,19). The number of carbonyl (C=O) groups is 1. The summed E-state index contributed by atoms with van der Waals surface area (Å²) >= 11 is 1.38. The van der Waals surface area contributed by atoms with E-state index in [2.05, 4.69) is 10.0 Å². The number of sulfonamides is 1. The molecule has 1 aliphatic heterocycles. The van der Waals surface area contributed by atoms with Crippen molar-refractivity contribution in [2.24, 2.45) is 0 Å². The second-order valence-electron chi connectivity index (χ2n) is 5.03. The maximum absolute atomic E-state index is 12.6. The number of hydrogen-bond donors (Lipinski definition) is 2. The third kappa shape index (κ3) is 3.49.